The van der Waals surface area contributed by atoms with Gasteiger partial charge in [-0.25, -0.2) is 4.79 Å². The molecule has 0 saturated carbocycles. The Kier molecular flexibility index (Phi) is 4.98. The molecule has 0 aliphatic carbocycles. The average molecular weight is 314 g/mol. The SMILES string of the molecule is CCCN1C(=O)/C(=C\c2ccc(C)cc2)C(=O)N(C(C)C)C1=O. The average Bonchev–Trinajstić information content (AvgIpc) is 2.49. The fourth-order valence-electron chi connectivity index (χ4n) is 2.50. The summed E-state index contributed by atoms with van der Waals surface area (Å²) in [7, 11) is 0. The van der Waals surface area contributed by atoms with Crippen LogP contribution in [0.1, 0.15) is 38.3 Å². The first-order chi connectivity index (χ1) is 10.9. The number of hydrogen-bond acceptors (Lipinski definition) is 3. The number of imide groups is 2. The van der Waals surface area contributed by atoms with Gasteiger partial charge in [0.15, 0.2) is 0 Å². The van der Waals surface area contributed by atoms with Crippen molar-refractivity contribution in [1.29, 1.82) is 0 Å². The first-order valence-corrected chi connectivity index (χ1v) is 7.84. The van der Waals surface area contributed by atoms with Crippen LogP contribution in [0.3, 0.4) is 0 Å². The van der Waals surface area contributed by atoms with Crippen molar-refractivity contribution in [3.8, 4) is 0 Å². The van der Waals surface area contributed by atoms with Gasteiger partial charge < -0.3 is 0 Å². The van der Waals surface area contributed by atoms with E-state index in [4.69, 9.17) is 0 Å². The number of barbiturate groups is 1. The quantitative estimate of drug-likeness (QED) is 0.634. The molecule has 1 aromatic rings. The van der Waals surface area contributed by atoms with Crippen LogP contribution in [0, 0.1) is 6.92 Å². The molecule has 122 valence electrons. The highest BCUT2D eigenvalue weighted by Crippen LogP contribution is 2.22. The highest BCUT2D eigenvalue weighted by molar-refractivity contribution is 6.31. The third-order valence-corrected chi connectivity index (χ3v) is 3.71. The van der Waals surface area contributed by atoms with Crippen molar-refractivity contribution in [1.82, 2.24) is 9.80 Å². The molecule has 4 amide bonds. The molecule has 1 saturated heterocycles. The lowest BCUT2D eigenvalue weighted by Gasteiger charge is -2.36. The van der Waals surface area contributed by atoms with Crippen LogP contribution in [0.2, 0.25) is 0 Å². The molecule has 1 fully saturated rings. The van der Waals surface area contributed by atoms with E-state index in [0.717, 1.165) is 20.9 Å². The second-order valence-electron chi connectivity index (χ2n) is 5.98. The maximum absolute atomic E-state index is 12.6. The molecule has 0 aromatic heterocycles. The number of urea groups is 1. The molecule has 2 rings (SSSR count). The van der Waals surface area contributed by atoms with Crippen LogP contribution in [0.5, 0.6) is 0 Å². The zero-order chi connectivity index (χ0) is 17.1. The Labute approximate surface area is 136 Å². The molecule has 1 aliphatic rings. The number of hydrogen-bond donors (Lipinski definition) is 0. The third-order valence-electron chi connectivity index (χ3n) is 3.71. The number of carbonyl (C=O) groups is 3. The van der Waals surface area contributed by atoms with Crippen LogP contribution in [0.4, 0.5) is 4.79 Å². The summed E-state index contributed by atoms with van der Waals surface area (Å²) in [6, 6.07) is 6.70. The Morgan fingerprint density at radius 3 is 2.17 bits per heavy atom. The van der Waals surface area contributed by atoms with Crippen molar-refractivity contribution in [2.45, 2.75) is 40.2 Å². The van der Waals surface area contributed by atoms with Crippen LogP contribution in [0.15, 0.2) is 29.8 Å². The molecular formula is C18H22N2O3. The summed E-state index contributed by atoms with van der Waals surface area (Å²) in [4.78, 5) is 39.9. The zero-order valence-electron chi connectivity index (χ0n) is 14.0. The maximum atomic E-state index is 12.6. The molecule has 23 heavy (non-hydrogen) atoms. The maximum Gasteiger partial charge on any atom is 0.334 e. The topological polar surface area (TPSA) is 57.7 Å². The number of nitrogens with zero attached hydrogens (tertiary/aromatic N) is 2. The lowest BCUT2D eigenvalue weighted by atomic mass is 10.0. The molecule has 0 spiro atoms. The van der Waals surface area contributed by atoms with Crippen LogP contribution < -0.4 is 0 Å². The van der Waals surface area contributed by atoms with Gasteiger partial charge in [-0.15, -0.1) is 0 Å². The summed E-state index contributed by atoms with van der Waals surface area (Å²) in [5, 5.41) is 0. The van der Waals surface area contributed by atoms with Gasteiger partial charge in [-0.1, -0.05) is 36.8 Å². The Morgan fingerprint density at radius 1 is 1.04 bits per heavy atom. The Balaban J connectivity index is 2.47. The first kappa shape index (κ1) is 16.9. The van der Waals surface area contributed by atoms with E-state index in [1.54, 1.807) is 19.9 Å². The number of amides is 4. The summed E-state index contributed by atoms with van der Waals surface area (Å²) >= 11 is 0. The van der Waals surface area contributed by atoms with Crippen molar-refractivity contribution < 1.29 is 14.4 Å². The van der Waals surface area contributed by atoms with Gasteiger partial charge in [-0.3, -0.25) is 19.4 Å². The molecule has 1 heterocycles. The van der Waals surface area contributed by atoms with E-state index in [9.17, 15) is 14.4 Å². The largest absolute Gasteiger partial charge is 0.334 e. The molecule has 0 bridgehead atoms. The monoisotopic (exact) mass is 314 g/mol. The minimum Gasteiger partial charge on any atom is -0.268 e. The van der Waals surface area contributed by atoms with Gasteiger partial charge in [0.1, 0.15) is 5.57 Å². The smallest absolute Gasteiger partial charge is 0.268 e. The summed E-state index contributed by atoms with van der Waals surface area (Å²) in [5.41, 5.74) is 1.90. The molecule has 1 aromatic carbocycles. The number of aryl methyl sites for hydroxylation is 1. The van der Waals surface area contributed by atoms with Gasteiger partial charge in [0.25, 0.3) is 11.8 Å². The normalized spacial score (nSPS) is 17.6. The van der Waals surface area contributed by atoms with Gasteiger partial charge in [0.05, 0.1) is 0 Å². The molecule has 5 heteroatoms. The molecule has 0 radical (unpaired) electrons. The summed E-state index contributed by atoms with van der Waals surface area (Å²) < 4.78 is 0. The van der Waals surface area contributed by atoms with Gasteiger partial charge in [-0.2, -0.15) is 0 Å². The molecule has 0 N–H and O–H groups in total. The van der Waals surface area contributed by atoms with Gasteiger partial charge in [-0.05, 0) is 38.8 Å². The first-order valence-electron chi connectivity index (χ1n) is 7.84. The van der Waals surface area contributed by atoms with Crippen LogP contribution in [-0.4, -0.2) is 40.2 Å². The minimum absolute atomic E-state index is 0.0376. The number of benzene rings is 1. The van der Waals surface area contributed by atoms with E-state index in [0.29, 0.717) is 13.0 Å². The van der Waals surface area contributed by atoms with Gasteiger partial charge in [0, 0.05) is 12.6 Å². The Hall–Kier alpha value is -2.43. The predicted octanol–water partition coefficient (Wildman–Crippen LogP) is 2.99. The standard InChI is InChI=1S/C18H22N2O3/c1-5-10-19-16(21)15(11-14-8-6-13(4)7-9-14)17(22)20(12(2)3)18(19)23/h6-9,11-12H,5,10H2,1-4H3/b15-11+. The second-order valence-corrected chi connectivity index (χ2v) is 5.98. The number of carbonyl (C=O) groups excluding carboxylic acids is 3. The van der Waals surface area contributed by atoms with E-state index in [-0.39, 0.29) is 11.6 Å². The minimum atomic E-state index is -0.530. The Bertz CT molecular complexity index is 659. The van der Waals surface area contributed by atoms with E-state index < -0.39 is 17.8 Å². The summed E-state index contributed by atoms with van der Waals surface area (Å²) in [6.45, 7) is 7.69. The van der Waals surface area contributed by atoms with Crippen molar-refractivity contribution in [3.05, 3.63) is 41.0 Å². The van der Waals surface area contributed by atoms with Crippen molar-refractivity contribution >= 4 is 23.9 Å². The Morgan fingerprint density at radius 2 is 1.65 bits per heavy atom. The number of rotatable bonds is 4. The van der Waals surface area contributed by atoms with Crippen LogP contribution in [0.25, 0.3) is 6.08 Å². The predicted molar refractivity (Wildman–Crippen MR) is 88.5 cm³/mol. The lowest BCUT2D eigenvalue weighted by Crippen LogP contribution is -2.58. The van der Waals surface area contributed by atoms with Gasteiger partial charge >= 0.3 is 6.03 Å². The van der Waals surface area contributed by atoms with Crippen molar-refractivity contribution in [3.63, 3.8) is 0 Å². The molecular weight excluding hydrogens is 292 g/mol. The molecule has 5 nitrogen and oxygen atoms in total. The lowest BCUT2D eigenvalue weighted by molar-refractivity contribution is -0.136. The molecule has 0 atom stereocenters. The van der Waals surface area contributed by atoms with E-state index in [1.807, 2.05) is 38.1 Å². The zero-order valence-corrected chi connectivity index (χ0v) is 14.0. The van der Waals surface area contributed by atoms with Crippen molar-refractivity contribution in [2.75, 3.05) is 6.54 Å². The fraction of sp³-hybridized carbons (Fsp3) is 0.389. The van der Waals surface area contributed by atoms with E-state index in [2.05, 4.69) is 0 Å². The van der Waals surface area contributed by atoms with Gasteiger partial charge in [0.2, 0.25) is 0 Å². The van der Waals surface area contributed by atoms with Crippen molar-refractivity contribution in [2.24, 2.45) is 0 Å². The van der Waals surface area contributed by atoms with E-state index in [1.165, 1.54) is 0 Å². The highest BCUT2D eigenvalue weighted by Gasteiger charge is 2.42. The van der Waals surface area contributed by atoms with Crippen LogP contribution >= 0.6 is 0 Å². The fourth-order valence-corrected chi connectivity index (χ4v) is 2.50. The van der Waals surface area contributed by atoms with Crippen LogP contribution in [-0.2, 0) is 9.59 Å². The third kappa shape index (κ3) is 3.33. The summed E-state index contributed by atoms with van der Waals surface area (Å²) in [5.74, 6) is -1.04. The summed E-state index contributed by atoms with van der Waals surface area (Å²) in [6.07, 6.45) is 2.21. The highest BCUT2D eigenvalue weighted by atomic mass is 16.2. The second kappa shape index (κ2) is 6.77. The van der Waals surface area contributed by atoms with E-state index >= 15 is 0 Å². The molecule has 0 unspecified atom stereocenters. The molecule has 1 aliphatic heterocycles.